The fraction of sp³-hybridized carbons (Fsp3) is 0.900. The molecule has 0 aromatic carbocycles. The highest BCUT2D eigenvalue weighted by Crippen LogP contribution is 2.31. The average Bonchev–Trinajstić information content (AvgIpc) is 2.24. The SMILES string of the molecule is O=C1C[C@H](O)[C@H](O)[C@H]2C[C@@H](O)C[C@@H](CO)N12. The third-order valence-electron chi connectivity index (χ3n) is 3.48. The van der Waals surface area contributed by atoms with E-state index >= 15 is 0 Å². The number of piperidine rings is 2. The summed E-state index contributed by atoms with van der Waals surface area (Å²) in [6.45, 7) is -0.234. The number of fused-ring (bicyclic) bond motifs is 1. The number of hydrogen-bond acceptors (Lipinski definition) is 5. The van der Waals surface area contributed by atoms with Gasteiger partial charge in [-0.2, -0.15) is 0 Å². The third kappa shape index (κ3) is 1.82. The van der Waals surface area contributed by atoms with Crippen molar-refractivity contribution in [3.8, 4) is 0 Å². The maximum Gasteiger partial charge on any atom is 0.225 e. The fourth-order valence-corrected chi connectivity index (χ4v) is 2.70. The Bertz CT molecular complexity index is 284. The van der Waals surface area contributed by atoms with Crippen LogP contribution in [0, 0.1) is 0 Å². The molecule has 0 unspecified atom stereocenters. The van der Waals surface area contributed by atoms with E-state index < -0.39 is 30.4 Å². The van der Waals surface area contributed by atoms with Crippen LogP contribution in [0.4, 0.5) is 0 Å². The summed E-state index contributed by atoms with van der Waals surface area (Å²) >= 11 is 0. The van der Waals surface area contributed by atoms with Gasteiger partial charge in [-0.3, -0.25) is 4.79 Å². The van der Waals surface area contributed by atoms with E-state index in [0.717, 1.165) is 0 Å². The summed E-state index contributed by atoms with van der Waals surface area (Å²) in [6.07, 6.45) is -2.31. The molecule has 0 saturated carbocycles. The van der Waals surface area contributed by atoms with E-state index in [1.807, 2.05) is 0 Å². The van der Waals surface area contributed by atoms with Crippen LogP contribution in [0.15, 0.2) is 0 Å². The molecule has 0 spiro atoms. The molecule has 0 bridgehead atoms. The van der Waals surface area contributed by atoms with E-state index in [9.17, 15) is 20.1 Å². The average molecular weight is 231 g/mol. The minimum Gasteiger partial charge on any atom is -0.394 e. The third-order valence-corrected chi connectivity index (χ3v) is 3.48. The van der Waals surface area contributed by atoms with Gasteiger partial charge in [-0.25, -0.2) is 0 Å². The van der Waals surface area contributed by atoms with Crippen LogP contribution in [-0.4, -0.2) is 68.2 Å². The van der Waals surface area contributed by atoms with E-state index in [4.69, 9.17) is 5.11 Å². The smallest absolute Gasteiger partial charge is 0.225 e. The first-order valence-corrected chi connectivity index (χ1v) is 5.50. The van der Waals surface area contributed by atoms with Gasteiger partial charge in [0.25, 0.3) is 0 Å². The highest BCUT2D eigenvalue weighted by molar-refractivity contribution is 5.79. The normalized spacial score (nSPS) is 44.4. The molecule has 5 atom stereocenters. The van der Waals surface area contributed by atoms with Gasteiger partial charge in [0.1, 0.15) is 6.10 Å². The lowest BCUT2D eigenvalue weighted by molar-refractivity contribution is -0.169. The number of aliphatic hydroxyl groups is 4. The zero-order valence-electron chi connectivity index (χ0n) is 8.86. The number of carbonyl (C=O) groups is 1. The summed E-state index contributed by atoms with van der Waals surface area (Å²) in [5, 5.41) is 38.0. The highest BCUT2D eigenvalue weighted by Gasteiger charge is 2.47. The van der Waals surface area contributed by atoms with Crippen LogP contribution < -0.4 is 0 Å². The van der Waals surface area contributed by atoms with Gasteiger partial charge in [-0.05, 0) is 12.8 Å². The molecule has 16 heavy (non-hydrogen) atoms. The molecule has 2 aliphatic heterocycles. The topological polar surface area (TPSA) is 101 Å². The predicted molar refractivity (Wildman–Crippen MR) is 53.4 cm³/mol. The zero-order chi connectivity index (χ0) is 11.9. The molecule has 2 aliphatic rings. The lowest BCUT2D eigenvalue weighted by Crippen LogP contribution is -2.64. The second kappa shape index (κ2) is 4.29. The van der Waals surface area contributed by atoms with Gasteiger partial charge in [0, 0.05) is 0 Å². The molecule has 0 aliphatic carbocycles. The highest BCUT2D eigenvalue weighted by atomic mass is 16.3. The molecule has 2 heterocycles. The molecule has 2 fully saturated rings. The Morgan fingerprint density at radius 2 is 1.94 bits per heavy atom. The lowest BCUT2D eigenvalue weighted by Gasteiger charge is -2.49. The van der Waals surface area contributed by atoms with E-state index in [0.29, 0.717) is 6.42 Å². The minimum absolute atomic E-state index is 0.121. The lowest BCUT2D eigenvalue weighted by atomic mass is 9.84. The van der Waals surface area contributed by atoms with Crippen LogP contribution in [0.5, 0.6) is 0 Å². The summed E-state index contributed by atoms with van der Waals surface area (Å²) < 4.78 is 0. The Hall–Kier alpha value is -0.690. The summed E-state index contributed by atoms with van der Waals surface area (Å²) in [4.78, 5) is 13.1. The van der Waals surface area contributed by atoms with Crippen molar-refractivity contribution in [3.63, 3.8) is 0 Å². The number of nitrogens with zero attached hydrogens (tertiary/aromatic N) is 1. The number of rotatable bonds is 1. The summed E-state index contributed by atoms with van der Waals surface area (Å²) in [5.74, 6) is -0.270. The molecule has 2 rings (SSSR count). The van der Waals surface area contributed by atoms with Crippen LogP contribution in [0.3, 0.4) is 0 Å². The molecule has 4 N–H and O–H groups in total. The Kier molecular flexibility index (Phi) is 3.16. The summed E-state index contributed by atoms with van der Waals surface area (Å²) in [6, 6.07) is -1.04. The van der Waals surface area contributed by atoms with Crippen molar-refractivity contribution in [1.82, 2.24) is 4.90 Å². The first-order valence-electron chi connectivity index (χ1n) is 5.50. The molecule has 6 nitrogen and oxygen atoms in total. The first kappa shape index (κ1) is 11.8. The molecule has 92 valence electrons. The number of hydrogen-bond donors (Lipinski definition) is 4. The Morgan fingerprint density at radius 1 is 1.25 bits per heavy atom. The van der Waals surface area contributed by atoms with Gasteiger partial charge in [-0.1, -0.05) is 0 Å². The van der Waals surface area contributed by atoms with Gasteiger partial charge in [0.05, 0.1) is 37.3 Å². The van der Waals surface area contributed by atoms with Gasteiger partial charge in [0.2, 0.25) is 5.91 Å². The van der Waals surface area contributed by atoms with Crippen molar-refractivity contribution < 1.29 is 25.2 Å². The molecule has 1 amide bonds. The largest absolute Gasteiger partial charge is 0.394 e. The van der Waals surface area contributed by atoms with E-state index in [2.05, 4.69) is 0 Å². The van der Waals surface area contributed by atoms with E-state index in [1.54, 1.807) is 0 Å². The standard InChI is InChI=1S/C10H17NO5/c12-4-5-1-6(13)2-7-10(16)8(14)3-9(15)11(5)7/h5-8,10,12-14,16H,1-4H2/t5-,6-,7+,8-,10+/m0/s1. The fourth-order valence-electron chi connectivity index (χ4n) is 2.70. The molecular formula is C10H17NO5. The number of carbonyl (C=O) groups excluding carboxylic acids is 1. The van der Waals surface area contributed by atoms with E-state index in [1.165, 1.54) is 4.90 Å². The van der Waals surface area contributed by atoms with Gasteiger partial charge in [-0.15, -0.1) is 0 Å². The van der Waals surface area contributed by atoms with Gasteiger partial charge in [0.15, 0.2) is 0 Å². The van der Waals surface area contributed by atoms with Crippen LogP contribution in [-0.2, 0) is 4.79 Å². The van der Waals surface area contributed by atoms with Crippen molar-refractivity contribution >= 4 is 5.91 Å². The second-order valence-corrected chi connectivity index (χ2v) is 4.59. The maximum absolute atomic E-state index is 11.7. The van der Waals surface area contributed by atoms with Crippen LogP contribution in [0.25, 0.3) is 0 Å². The quantitative estimate of drug-likeness (QED) is 0.411. The minimum atomic E-state index is -1.07. The van der Waals surface area contributed by atoms with Crippen LogP contribution >= 0.6 is 0 Å². The maximum atomic E-state index is 11.7. The second-order valence-electron chi connectivity index (χ2n) is 4.59. The van der Waals surface area contributed by atoms with Crippen molar-refractivity contribution in [1.29, 1.82) is 0 Å². The molecule has 0 aromatic rings. The molecule has 6 heteroatoms. The van der Waals surface area contributed by atoms with Gasteiger partial charge < -0.3 is 25.3 Å². The monoisotopic (exact) mass is 231 g/mol. The van der Waals surface area contributed by atoms with Crippen molar-refractivity contribution in [2.75, 3.05) is 6.61 Å². The Morgan fingerprint density at radius 3 is 2.56 bits per heavy atom. The summed E-state index contributed by atoms with van der Waals surface area (Å²) in [7, 11) is 0. The molecular weight excluding hydrogens is 214 g/mol. The first-order chi connectivity index (χ1) is 7.54. The Labute approximate surface area is 93.1 Å². The number of aliphatic hydroxyl groups excluding tert-OH is 4. The van der Waals surface area contributed by atoms with Crippen molar-refractivity contribution in [2.24, 2.45) is 0 Å². The Balaban J connectivity index is 2.23. The zero-order valence-corrected chi connectivity index (χ0v) is 8.86. The van der Waals surface area contributed by atoms with Crippen molar-refractivity contribution in [2.45, 2.75) is 49.7 Å². The molecule has 2 saturated heterocycles. The predicted octanol–water partition coefficient (Wildman–Crippen LogP) is -2.18. The van der Waals surface area contributed by atoms with Crippen molar-refractivity contribution in [3.05, 3.63) is 0 Å². The van der Waals surface area contributed by atoms with Crippen LogP contribution in [0.1, 0.15) is 19.3 Å². The molecule has 0 aromatic heterocycles. The number of amides is 1. The van der Waals surface area contributed by atoms with Gasteiger partial charge >= 0.3 is 0 Å². The van der Waals surface area contributed by atoms with Crippen LogP contribution in [0.2, 0.25) is 0 Å². The van der Waals surface area contributed by atoms with E-state index in [-0.39, 0.29) is 25.4 Å². The molecule has 0 radical (unpaired) electrons. The summed E-state index contributed by atoms with van der Waals surface area (Å²) in [5.41, 5.74) is 0.